The van der Waals surface area contributed by atoms with Crippen molar-refractivity contribution in [3.05, 3.63) is 0 Å². The number of rotatable bonds is 6. The monoisotopic (exact) mass is 231 g/mol. The Hall–Kier alpha value is -0.160. The largest absolute Gasteiger partial charge is 0.396 e. The quantitative estimate of drug-likeness (QED) is 0.534. The van der Waals surface area contributed by atoms with Gasteiger partial charge < -0.3 is 20.6 Å². The summed E-state index contributed by atoms with van der Waals surface area (Å²) >= 11 is 0. The molecule has 0 spiro atoms. The van der Waals surface area contributed by atoms with Crippen LogP contribution in [0.25, 0.3) is 0 Å². The lowest BCUT2D eigenvalue weighted by Gasteiger charge is -2.42. The lowest BCUT2D eigenvalue weighted by Crippen LogP contribution is -2.63. The van der Waals surface area contributed by atoms with Crippen molar-refractivity contribution < 1.29 is 15.3 Å². The van der Waals surface area contributed by atoms with Crippen LogP contribution >= 0.6 is 0 Å². The molecule has 0 saturated heterocycles. The molecule has 0 radical (unpaired) electrons. The van der Waals surface area contributed by atoms with Gasteiger partial charge in [0.25, 0.3) is 0 Å². The average molecular weight is 231 g/mol. The molecule has 0 aromatic heterocycles. The number of hydrogen-bond donors (Lipinski definition) is 4. The van der Waals surface area contributed by atoms with Crippen LogP contribution in [0.4, 0.5) is 0 Å². The molecule has 0 amide bonds. The third-order valence-corrected chi connectivity index (χ3v) is 3.84. The zero-order valence-corrected chi connectivity index (χ0v) is 10.3. The molecule has 1 saturated carbocycles. The van der Waals surface area contributed by atoms with E-state index in [0.29, 0.717) is 12.5 Å². The van der Waals surface area contributed by atoms with Crippen molar-refractivity contribution in [3.63, 3.8) is 0 Å². The van der Waals surface area contributed by atoms with E-state index >= 15 is 0 Å². The van der Waals surface area contributed by atoms with Crippen molar-refractivity contribution in [2.24, 2.45) is 0 Å². The van der Waals surface area contributed by atoms with Crippen molar-refractivity contribution >= 4 is 0 Å². The summed E-state index contributed by atoms with van der Waals surface area (Å²) in [7, 11) is 0. The molecule has 4 nitrogen and oxygen atoms in total. The van der Waals surface area contributed by atoms with Crippen molar-refractivity contribution in [1.29, 1.82) is 0 Å². The highest BCUT2D eigenvalue weighted by atomic mass is 16.3. The third kappa shape index (κ3) is 2.94. The maximum atomic E-state index is 9.89. The highest BCUT2D eigenvalue weighted by Gasteiger charge is 2.41. The van der Waals surface area contributed by atoms with Crippen LogP contribution in [-0.2, 0) is 0 Å². The van der Waals surface area contributed by atoms with Crippen molar-refractivity contribution in [2.45, 2.75) is 69.7 Å². The molecule has 2 unspecified atom stereocenters. The molecule has 0 aromatic carbocycles. The highest BCUT2D eigenvalue weighted by Crippen LogP contribution is 2.26. The van der Waals surface area contributed by atoms with Gasteiger partial charge in [0.1, 0.15) is 0 Å². The van der Waals surface area contributed by atoms with E-state index in [0.717, 1.165) is 12.8 Å². The van der Waals surface area contributed by atoms with Crippen molar-refractivity contribution in [2.75, 3.05) is 6.61 Å². The van der Waals surface area contributed by atoms with Crippen molar-refractivity contribution in [1.82, 2.24) is 5.32 Å². The van der Waals surface area contributed by atoms with Crippen LogP contribution in [0.5, 0.6) is 0 Å². The molecule has 16 heavy (non-hydrogen) atoms. The van der Waals surface area contributed by atoms with Crippen LogP contribution in [0, 0.1) is 0 Å². The fourth-order valence-electron chi connectivity index (χ4n) is 2.72. The summed E-state index contributed by atoms with van der Waals surface area (Å²) in [6.07, 6.45) is 3.59. The standard InChI is InChI=1S/C12H25NO3/c1-9(15)12(7-8-14,10(2)16)13-11-5-3-4-6-11/h9-11,13-16H,3-8H2,1-2H3. The molecule has 1 fully saturated rings. The number of aliphatic hydroxyl groups is 3. The fourth-order valence-corrected chi connectivity index (χ4v) is 2.72. The number of hydrogen-bond acceptors (Lipinski definition) is 4. The minimum absolute atomic E-state index is 0.0322. The summed E-state index contributed by atoms with van der Waals surface area (Å²) < 4.78 is 0. The first-order valence-electron chi connectivity index (χ1n) is 6.27. The molecule has 4 N–H and O–H groups in total. The predicted octanol–water partition coefficient (Wildman–Crippen LogP) is 0.401. The Morgan fingerprint density at radius 2 is 1.69 bits per heavy atom. The van der Waals surface area contributed by atoms with Gasteiger partial charge in [-0.2, -0.15) is 0 Å². The molecular formula is C12H25NO3. The van der Waals surface area contributed by atoms with E-state index in [4.69, 9.17) is 5.11 Å². The molecule has 4 heteroatoms. The fraction of sp³-hybridized carbons (Fsp3) is 1.00. The molecule has 1 aliphatic carbocycles. The zero-order valence-electron chi connectivity index (χ0n) is 10.3. The van der Waals surface area contributed by atoms with Gasteiger partial charge in [-0.3, -0.25) is 0 Å². The maximum absolute atomic E-state index is 9.89. The van der Waals surface area contributed by atoms with E-state index < -0.39 is 17.7 Å². The van der Waals surface area contributed by atoms with Gasteiger partial charge >= 0.3 is 0 Å². The maximum Gasteiger partial charge on any atom is 0.0723 e. The van der Waals surface area contributed by atoms with Crippen LogP contribution < -0.4 is 5.32 Å². The first kappa shape index (κ1) is 13.9. The van der Waals surface area contributed by atoms with E-state index in [1.807, 2.05) is 0 Å². The summed E-state index contributed by atoms with van der Waals surface area (Å²) in [5.41, 5.74) is -0.774. The van der Waals surface area contributed by atoms with E-state index in [1.54, 1.807) is 13.8 Å². The first-order chi connectivity index (χ1) is 7.53. The second kappa shape index (κ2) is 5.96. The Morgan fingerprint density at radius 1 is 1.19 bits per heavy atom. The van der Waals surface area contributed by atoms with Crippen LogP contribution in [0.1, 0.15) is 46.0 Å². The Kier molecular flexibility index (Phi) is 5.18. The SMILES string of the molecule is CC(O)C(CCO)(NC1CCCC1)C(C)O. The molecule has 0 bridgehead atoms. The molecule has 0 heterocycles. The molecule has 2 atom stereocenters. The Labute approximate surface area is 97.7 Å². The molecule has 0 aromatic rings. The minimum Gasteiger partial charge on any atom is -0.396 e. The Morgan fingerprint density at radius 3 is 2.06 bits per heavy atom. The Balaban J connectivity index is 2.73. The molecule has 0 aliphatic heterocycles. The van der Waals surface area contributed by atoms with Crippen LogP contribution in [-0.4, -0.2) is 45.7 Å². The topological polar surface area (TPSA) is 72.7 Å². The zero-order chi connectivity index (χ0) is 12.2. The number of aliphatic hydroxyl groups excluding tert-OH is 3. The van der Waals surface area contributed by atoms with E-state index in [2.05, 4.69) is 5.32 Å². The second-order valence-electron chi connectivity index (χ2n) is 4.99. The summed E-state index contributed by atoms with van der Waals surface area (Å²) in [6, 6.07) is 0.357. The molecule has 1 aliphatic rings. The van der Waals surface area contributed by atoms with E-state index in [1.165, 1.54) is 12.8 Å². The third-order valence-electron chi connectivity index (χ3n) is 3.84. The molecule has 1 rings (SSSR count). The first-order valence-corrected chi connectivity index (χ1v) is 6.27. The van der Waals surface area contributed by atoms with Gasteiger partial charge in [-0.1, -0.05) is 12.8 Å². The lowest BCUT2D eigenvalue weighted by atomic mass is 9.83. The highest BCUT2D eigenvalue weighted by molar-refractivity contribution is 5.00. The second-order valence-corrected chi connectivity index (χ2v) is 4.99. The molecular weight excluding hydrogens is 206 g/mol. The van der Waals surface area contributed by atoms with Gasteiger partial charge in [-0.25, -0.2) is 0 Å². The average Bonchev–Trinajstić information content (AvgIpc) is 2.68. The normalized spacial score (nSPS) is 25.3. The van der Waals surface area contributed by atoms with E-state index in [-0.39, 0.29) is 6.61 Å². The number of nitrogens with one attached hydrogen (secondary N) is 1. The van der Waals surface area contributed by atoms with Gasteiger partial charge in [0.2, 0.25) is 0 Å². The van der Waals surface area contributed by atoms with Gasteiger partial charge in [0.15, 0.2) is 0 Å². The summed E-state index contributed by atoms with van der Waals surface area (Å²) in [6.45, 7) is 3.31. The summed E-state index contributed by atoms with van der Waals surface area (Å²) in [5.74, 6) is 0. The van der Waals surface area contributed by atoms with Gasteiger partial charge in [-0.15, -0.1) is 0 Å². The van der Waals surface area contributed by atoms with E-state index in [9.17, 15) is 10.2 Å². The van der Waals surface area contributed by atoms with Gasteiger partial charge in [-0.05, 0) is 33.1 Å². The Bertz CT molecular complexity index is 192. The minimum atomic E-state index is -0.774. The summed E-state index contributed by atoms with van der Waals surface area (Å²) in [4.78, 5) is 0. The lowest BCUT2D eigenvalue weighted by molar-refractivity contribution is -0.0352. The smallest absolute Gasteiger partial charge is 0.0723 e. The predicted molar refractivity (Wildman–Crippen MR) is 63.2 cm³/mol. The van der Waals surface area contributed by atoms with Gasteiger partial charge in [0, 0.05) is 12.6 Å². The van der Waals surface area contributed by atoms with Crippen molar-refractivity contribution in [3.8, 4) is 0 Å². The van der Waals surface area contributed by atoms with Crippen LogP contribution in [0.15, 0.2) is 0 Å². The van der Waals surface area contributed by atoms with Crippen LogP contribution in [0.3, 0.4) is 0 Å². The summed E-state index contributed by atoms with van der Waals surface area (Å²) in [5, 5.41) is 32.3. The van der Waals surface area contributed by atoms with Gasteiger partial charge in [0.05, 0.1) is 17.7 Å². The molecule has 96 valence electrons. The van der Waals surface area contributed by atoms with Crippen LogP contribution in [0.2, 0.25) is 0 Å².